The van der Waals surface area contributed by atoms with E-state index in [0.717, 1.165) is 13.1 Å². The van der Waals surface area contributed by atoms with Crippen molar-refractivity contribution in [1.82, 2.24) is 9.88 Å². The van der Waals surface area contributed by atoms with Gasteiger partial charge in [0.2, 0.25) is 0 Å². The number of rotatable bonds is 9. The Bertz CT molecular complexity index is 345. The van der Waals surface area contributed by atoms with Gasteiger partial charge in [0.05, 0.1) is 0 Å². The number of unbranched alkanes of at least 4 members (excludes halogenated alkanes) is 3. The summed E-state index contributed by atoms with van der Waals surface area (Å²) in [6.45, 7) is 6.53. The quantitative estimate of drug-likeness (QED) is 0.688. The molecule has 3 heteroatoms. The molecule has 0 saturated carbocycles. The number of hydrogen-bond acceptors (Lipinski definition) is 2. The van der Waals surface area contributed by atoms with Crippen LogP contribution in [0.3, 0.4) is 0 Å². The van der Waals surface area contributed by atoms with E-state index in [0.29, 0.717) is 0 Å². The van der Waals surface area contributed by atoms with E-state index in [4.69, 9.17) is 0 Å². The molecule has 0 aliphatic carbocycles. The fourth-order valence-corrected chi connectivity index (χ4v) is 2.68. The molecule has 0 unspecified atom stereocenters. The molecule has 1 aromatic rings. The molecule has 2 nitrogen and oxygen atoms in total. The Morgan fingerprint density at radius 1 is 1.17 bits per heavy atom. The summed E-state index contributed by atoms with van der Waals surface area (Å²) in [4.78, 5) is 0. The highest BCUT2D eigenvalue weighted by molar-refractivity contribution is 7.98. The molecule has 0 fully saturated rings. The van der Waals surface area contributed by atoms with Crippen LogP contribution in [0.25, 0.3) is 0 Å². The van der Waals surface area contributed by atoms with Crippen LogP contribution in [-0.2, 0) is 13.6 Å². The van der Waals surface area contributed by atoms with E-state index in [1.807, 2.05) is 11.8 Å². The molecule has 0 spiro atoms. The van der Waals surface area contributed by atoms with Crippen molar-refractivity contribution in [2.45, 2.75) is 46.1 Å². The van der Waals surface area contributed by atoms with Crippen molar-refractivity contribution in [2.24, 2.45) is 7.05 Å². The molecule has 0 radical (unpaired) electrons. The van der Waals surface area contributed by atoms with Crippen LogP contribution in [0.4, 0.5) is 0 Å². The van der Waals surface area contributed by atoms with Crippen LogP contribution < -0.4 is 5.32 Å². The fourth-order valence-electron chi connectivity index (χ4n) is 2.19. The summed E-state index contributed by atoms with van der Waals surface area (Å²) in [6.07, 6.45) is 7.61. The van der Waals surface area contributed by atoms with Crippen LogP contribution in [0, 0.1) is 13.8 Å². The van der Waals surface area contributed by atoms with Crippen LogP contribution in [0.1, 0.15) is 42.6 Å². The monoisotopic (exact) mass is 268 g/mol. The van der Waals surface area contributed by atoms with E-state index in [9.17, 15) is 0 Å². The maximum absolute atomic E-state index is 3.56. The van der Waals surface area contributed by atoms with Crippen molar-refractivity contribution in [3.63, 3.8) is 0 Å². The molecule has 18 heavy (non-hydrogen) atoms. The van der Waals surface area contributed by atoms with Crippen molar-refractivity contribution >= 4 is 11.8 Å². The highest BCUT2D eigenvalue weighted by atomic mass is 32.2. The van der Waals surface area contributed by atoms with Crippen LogP contribution >= 0.6 is 11.8 Å². The predicted molar refractivity (Wildman–Crippen MR) is 83.4 cm³/mol. The topological polar surface area (TPSA) is 17.0 Å². The third-order valence-corrected chi connectivity index (χ3v) is 4.34. The zero-order valence-corrected chi connectivity index (χ0v) is 13.2. The SMILES string of the molecule is CSCCCCCCNCc1cc(C)n(C)c1C. The number of nitrogens with one attached hydrogen (secondary N) is 1. The van der Waals surface area contributed by atoms with Gasteiger partial charge in [0, 0.05) is 25.0 Å². The molecular weight excluding hydrogens is 240 g/mol. The lowest BCUT2D eigenvalue weighted by Crippen LogP contribution is -2.15. The lowest BCUT2D eigenvalue weighted by atomic mass is 10.2. The van der Waals surface area contributed by atoms with Crippen LogP contribution in [0.15, 0.2) is 6.07 Å². The molecule has 0 atom stereocenters. The van der Waals surface area contributed by atoms with Gasteiger partial charge in [-0.05, 0) is 56.9 Å². The smallest absolute Gasteiger partial charge is 0.0223 e. The minimum atomic E-state index is 1.01. The first-order valence-electron chi connectivity index (χ1n) is 6.98. The summed E-state index contributed by atoms with van der Waals surface area (Å²) >= 11 is 1.95. The molecule has 0 amide bonds. The second kappa shape index (κ2) is 8.65. The fraction of sp³-hybridized carbons (Fsp3) is 0.733. The maximum atomic E-state index is 3.56. The van der Waals surface area contributed by atoms with E-state index >= 15 is 0 Å². The van der Waals surface area contributed by atoms with E-state index in [2.05, 4.69) is 43.1 Å². The molecule has 1 heterocycles. The highest BCUT2D eigenvalue weighted by Gasteiger charge is 2.04. The van der Waals surface area contributed by atoms with Crippen LogP contribution in [0.5, 0.6) is 0 Å². The number of hydrogen-bond donors (Lipinski definition) is 1. The van der Waals surface area contributed by atoms with Crippen molar-refractivity contribution in [3.05, 3.63) is 23.0 Å². The minimum Gasteiger partial charge on any atom is -0.352 e. The van der Waals surface area contributed by atoms with Gasteiger partial charge in [-0.25, -0.2) is 0 Å². The number of nitrogens with zero attached hydrogens (tertiary/aromatic N) is 1. The van der Waals surface area contributed by atoms with Gasteiger partial charge in [-0.3, -0.25) is 0 Å². The molecule has 0 aliphatic rings. The second-order valence-corrected chi connectivity index (χ2v) is 6.02. The minimum absolute atomic E-state index is 1.01. The van der Waals surface area contributed by atoms with Gasteiger partial charge >= 0.3 is 0 Å². The summed E-state index contributed by atoms with van der Waals surface area (Å²) < 4.78 is 2.26. The Kier molecular flexibility index (Phi) is 7.52. The molecule has 1 rings (SSSR count). The van der Waals surface area contributed by atoms with Gasteiger partial charge in [-0.2, -0.15) is 11.8 Å². The van der Waals surface area contributed by atoms with Gasteiger partial charge < -0.3 is 9.88 Å². The predicted octanol–water partition coefficient (Wildman–Crippen LogP) is 3.65. The largest absolute Gasteiger partial charge is 0.352 e. The molecule has 0 saturated heterocycles. The van der Waals surface area contributed by atoms with Gasteiger partial charge in [0.15, 0.2) is 0 Å². The Hall–Kier alpha value is -0.410. The molecule has 0 bridgehead atoms. The summed E-state index contributed by atoms with van der Waals surface area (Å²) in [5, 5.41) is 3.56. The van der Waals surface area contributed by atoms with Crippen molar-refractivity contribution in [3.8, 4) is 0 Å². The molecule has 0 aromatic carbocycles. The number of aryl methyl sites for hydroxylation is 1. The molecule has 1 N–H and O–H groups in total. The van der Waals surface area contributed by atoms with Gasteiger partial charge in [0.1, 0.15) is 0 Å². The van der Waals surface area contributed by atoms with E-state index in [1.165, 1.54) is 48.4 Å². The zero-order valence-electron chi connectivity index (χ0n) is 12.4. The Morgan fingerprint density at radius 3 is 2.50 bits per heavy atom. The lowest BCUT2D eigenvalue weighted by Gasteiger charge is -2.05. The zero-order chi connectivity index (χ0) is 13.4. The Balaban J connectivity index is 2.09. The lowest BCUT2D eigenvalue weighted by molar-refractivity contribution is 0.598. The van der Waals surface area contributed by atoms with E-state index in [-0.39, 0.29) is 0 Å². The van der Waals surface area contributed by atoms with Crippen LogP contribution in [0.2, 0.25) is 0 Å². The first-order valence-corrected chi connectivity index (χ1v) is 8.37. The first-order chi connectivity index (χ1) is 8.66. The van der Waals surface area contributed by atoms with Gasteiger partial charge in [0.25, 0.3) is 0 Å². The normalized spacial score (nSPS) is 11.1. The Labute approximate surface area is 117 Å². The summed E-state index contributed by atoms with van der Waals surface area (Å²) in [7, 11) is 2.14. The molecule has 0 aliphatic heterocycles. The van der Waals surface area contributed by atoms with Crippen molar-refractivity contribution < 1.29 is 0 Å². The summed E-state index contributed by atoms with van der Waals surface area (Å²) in [5.74, 6) is 1.32. The van der Waals surface area contributed by atoms with E-state index in [1.54, 1.807) is 0 Å². The maximum Gasteiger partial charge on any atom is 0.0223 e. The highest BCUT2D eigenvalue weighted by Crippen LogP contribution is 2.12. The standard InChI is InChI=1S/C15H28N2S/c1-13-11-15(14(2)17(13)3)12-16-9-7-5-6-8-10-18-4/h11,16H,5-10,12H2,1-4H3. The van der Waals surface area contributed by atoms with Crippen molar-refractivity contribution in [2.75, 3.05) is 18.6 Å². The second-order valence-electron chi connectivity index (χ2n) is 5.04. The Morgan fingerprint density at radius 2 is 1.89 bits per heavy atom. The first kappa shape index (κ1) is 15.6. The summed E-state index contributed by atoms with van der Waals surface area (Å²) in [5.41, 5.74) is 4.18. The van der Waals surface area contributed by atoms with Crippen LogP contribution in [-0.4, -0.2) is 23.1 Å². The molecular formula is C15H28N2S. The van der Waals surface area contributed by atoms with Gasteiger partial charge in [-0.15, -0.1) is 0 Å². The number of aromatic nitrogens is 1. The van der Waals surface area contributed by atoms with Crippen molar-refractivity contribution in [1.29, 1.82) is 0 Å². The molecule has 104 valence electrons. The average molecular weight is 268 g/mol. The van der Waals surface area contributed by atoms with Gasteiger partial charge in [-0.1, -0.05) is 12.8 Å². The third kappa shape index (κ3) is 5.07. The average Bonchev–Trinajstić information content (AvgIpc) is 2.60. The summed E-state index contributed by atoms with van der Waals surface area (Å²) in [6, 6.07) is 2.29. The molecule has 1 aromatic heterocycles. The van der Waals surface area contributed by atoms with E-state index < -0.39 is 0 Å². The number of thioether (sulfide) groups is 1. The third-order valence-electron chi connectivity index (χ3n) is 3.65.